The third-order valence-corrected chi connectivity index (χ3v) is 3.71. The van der Waals surface area contributed by atoms with Crippen LogP contribution in [0.1, 0.15) is 46.0 Å². The first-order chi connectivity index (χ1) is 7.53. The van der Waals surface area contributed by atoms with Crippen molar-refractivity contribution in [2.24, 2.45) is 5.92 Å². The van der Waals surface area contributed by atoms with Gasteiger partial charge in [-0.15, -0.1) is 0 Å². The second-order valence-electron chi connectivity index (χ2n) is 5.59. The van der Waals surface area contributed by atoms with Crippen LogP contribution in [0.15, 0.2) is 0 Å². The lowest BCUT2D eigenvalue weighted by Crippen LogP contribution is -2.32. The Morgan fingerprint density at radius 2 is 1.88 bits per heavy atom. The van der Waals surface area contributed by atoms with E-state index in [0.29, 0.717) is 0 Å². The minimum atomic E-state index is -0.0383. The van der Waals surface area contributed by atoms with Crippen LogP contribution in [0.2, 0.25) is 0 Å². The lowest BCUT2D eigenvalue weighted by atomic mass is 9.87. The normalized spacial score (nSPS) is 27.0. The SMILES string of the molecule is COC(C)(C)CCNCC1CCC(O)CC1. The number of aliphatic hydroxyl groups is 1. The maximum atomic E-state index is 9.40. The van der Waals surface area contributed by atoms with Crippen molar-refractivity contribution in [1.82, 2.24) is 5.32 Å². The molecular weight excluding hydrogens is 202 g/mol. The molecule has 16 heavy (non-hydrogen) atoms. The van der Waals surface area contributed by atoms with E-state index < -0.39 is 0 Å². The van der Waals surface area contributed by atoms with Gasteiger partial charge in [0, 0.05) is 7.11 Å². The van der Waals surface area contributed by atoms with E-state index in [1.807, 2.05) is 0 Å². The van der Waals surface area contributed by atoms with Crippen LogP contribution in [0.4, 0.5) is 0 Å². The van der Waals surface area contributed by atoms with Crippen LogP contribution in [0.3, 0.4) is 0 Å². The first-order valence-corrected chi connectivity index (χ1v) is 6.47. The van der Waals surface area contributed by atoms with Crippen molar-refractivity contribution in [2.45, 2.75) is 57.7 Å². The number of nitrogens with one attached hydrogen (secondary N) is 1. The van der Waals surface area contributed by atoms with Gasteiger partial charge in [-0.3, -0.25) is 0 Å². The molecule has 0 saturated heterocycles. The first kappa shape index (κ1) is 13.9. The van der Waals surface area contributed by atoms with E-state index in [1.165, 1.54) is 12.8 Å². The summed E-state index contributed by atoms with van der Waals surface area (Å²) in [7, 11) is 1.77. The lowest BCUT2D eigenvalue weighted by Gasteiger charge is -2.27. The van der Waals surface area contributed by atoms with Crippen LogP contribution < -0.4 is 5.32 Å². The van der Waals surface area contributed by atoms with Crippen molar-refractivity contribution >= 4 is 0 Å². The van der Waals surface area contributed by atoms with Crippen molar-refractivity contribution in [3.8, 4) is 0 Å². The van der Waals surface area contributed by atoms with Crippen molar-refractivity contribution in [2.75, 3.05) is 20.2 Å². The molecule has 3 nitrogen and oxygen atoms in total. The highest BCUT2D eigenvalue weighted by Crippen LogP contribution is 2.23. The zero-order valence-electron chi connectivity index (χ0n) is 11.0. The van der Waals surface area contributed by atoms with E-state index in [4.69, 9.17) is 4.74 Å². The van der Waals surface area contributed by atoms with Gasteiger partial charge in [0.1, 0.15) is 0 Å². The van der Waals surface area contributed by atoms with Gasteiger partial charge in [-0.05, 0) is 65.0 Å². The van der Waals surface area contributed by atoms with E-state index in [9.17, 15) is 5.11 Å². The van der Waals surface area contributed by atoms with Crippen LogP contribution in [-0.4, -0.2) is 37.0 Å². The molecule has 1 rings (SSSR count). The minimum Gasteiger partial charge on any atom is -0.393 e. The van der Waals surface area contributed by atoms with E-state index in [1.54, 1.807) is 7.11 Å². The summed E-state index contributed by atoms with van der Waals surface area (Å²) in [6.45, 7) is 6.34. The predicted octanol–water partition coefficient (Wildman–Crippen LogP) is 1.94. The average Bonchev–Trinajstić information content (AvgIpc) is 2.27. The van der Waals surface area contributed by atoms with Gasteiger partial charge in [-0.25, -0.2) is 0 Å². The number of aliphatic hydroxyl groups excluding tert-OH is 1. The molecule has 0 unspecified atom stereocenters. The highest BCUT2D eigenvalue weighted by atomic mass is 16.5. The van der Waals surface area contributed by atoms with Gasteiger partial charge >= 0.3 is 0 Å². The molecule has 1 aliphatic rings. The molecule has 1 fully saturated rings. The molecule has 0 aromatic carbocycles. The van der Waals surface area contributed by atoms with Crippen molar-refractivity contribution < 1.29 is 9.84 Å². The van der Waals surface area contributed by atoms with Crippen molar-refractivity contribution in [3.63, 3.8) is 0 Å². The van der Waals surface area contributed by atoms with Gasteiger partial charge in [-0.2, -0.15) is 0 Å². The van der Waals surface area contributed by atoms with Gasteiger partial charge in [0.2, 0.25) is 0 Å². The smallest absolute Gasteiger partial charge is 0.0634 e. The third kappa shape index (κ3) is 5.28. The van der Waals surface area contributed by atoms with Crippen molar-refractivity contribution in [1.29, 1.82) is 0 Å². The molecule has 0 radical (unpaired) electrons. The Balaban J connectivity index is 2.03. The van der Waals surface area contributed by atoms with E-state index in [2.05, 4.69) is 19.2 Å². The van der Waals surface area contributed by atoms with Gasteiger partial charge < -0.3 is 15.2 Å². The average molecular weight is 229 g/mol. The minimum absolute atomic E-state index is 0.0181. The summed E-state index contributed by atoms with van der Waals surface area (Å²) >= 11 is 0. The summed E-state index contributed by atoms with van der Waals surface area (Å²) in [5.41, 5.74) is -0.0181. The van der Waals surface area contributed by atoms with Gasteiger partial charge in [-0.1, -0.05) is 0 Å². The fraction of sp³-hybridized carbons (Fsp3) is 1.00. The number of hydrogen-bond acceptors (Lipinski definition) is 3. The molecule has 1 aliphatic carbocycles. The maximum absolute atomic E-state index is 9.40. The van der Waals surface area contributed by atoms with E-state index in [0.717, 1.165) is 38.3 Å². The van der Waals surface area contributed by atoms with E-state index >= 15 is 0 Å². The molecule has 0 atom stereocenters. The molecule has 96 valence electrons. The molecule has 0 amide bonds. The second kappa shape index (κ2) is 6.58. The Bertz CT molecular complexity index is 186. The number of methoxy groups -OCH3 is 1. The predicted molar refractivity (Wildman–Crippen MR) is 66.5 cm³/mol. The summed E-state index contributed by atoms with van der Waals surface area (Å²) in [5.74, 6) is 0.758. The maximum Gasteiger partial charge on any atom is 0.0634 e. The van der Waals surface area contributed by atoms with Crippen LogP contribution in [0.25, 0.3) is 0 Å². The summed E-state index contributed by atoms with van der Waals surface area (Å²) in [6, 6.07) is 0. The number of hydrogen-bond donors (Lipinski definition) is 2. The molecule has 1 saturated carbocycles. The Morgan fingerprint density at radius 1 is 1.25 bits per heavy atom. The van der Waals surface area contributed by atoms with Crippen LogP contribution in [-0.2, 0) is 4.74 Å². The molecule has 0 aliphatic heterocycles. The quantitative estimate of drug-likeness (QED) is 0.684. The van der Waals surface area contributed by atoms with E-state index in [-0.39, 0.29) is 11.7 Å². The van der Waals surface area contributed by atoms with Crippen molar-refractivity contribution in [3.05, 3.63) is 0 Å². The fourth-order valence-corrected chi connectivity index (χ4v) is 2.15. The highest BCUT2D eigenvalue weighted by Gasteiger charge is 2.19. The molecule has 2 N–H and O–H groups in total. The zero-order valence-corrected chi connectivity index (χ0v) is 11.0. The van der Waals surface area contributed by atoms with Gasteiger partial charge in [0.25, 0.3) is 0 Å². The van der Waals surface area contributed by atoms with Gasteiger partial charge in [0.15, 0.2) is 0 Å². The topological polar surface area (TPSA) is 41.5 Å². The Kier molecular flexibility index (Phi) is 5.73. The Labute approximate surface area is 99.6 Å². The molecule has 0 aromatic rings. The largest absolute Gasteiger partial charge is 0.393 e. The Hall–Kier alpha value is -0.120. The summed E-state index contributed by atoms with van der Waals surface area (Å²) in [5, 5.41) is 12.9. The van der Waals surface area contributed by atoms with Crippen LogP contribution in [0, 0.1) is 5.92 Å². The molecule has 0 bridgehead atoms. The second-order valence-corrected chi connectivity index (χ2v) is 5.59. The zero-order chi connectivity index (χ0) is 12.0. The number of rotatable bonds is 6. The van der Waals surface area contributed by atoms with Crippen LogP contribution in [0.5, 0.6) is 0 Å². The molecule has 3 heteroatoms. The number of ether oxygens (including phenoxy) is 1. The monoisotopic (exact) mass is 229 g/mol. The standard InChI is InChI=1S/C13H27NO2/c1-13(2,16-3)8-9-14-10-11-4-6-12(15)7-5-11/h11-12,14-15H,4-10H2,1-3H3. The Morgan fingerprint density at radius 3 is 2.44 bits per heavy atom. The molecule has 0 spiro atoms. The summed E-state index contributed by atoms with van der Waals surface area (Å²) in [6.07, 6.45) is 5.30. The van der Waals surface area contributed by atoms with Gasteiger partial charge in [0.05, 0.1) is 11.7 Å². The molecule has 0 aromatic heterocycles. The summed E-state index contributed by atoms with van der Waals surface area (Å²) in [4.78, 5) is 0. The third-order valence-electron chi connectivity index (χ3n) is 3.71. The molecular formula is C13H27NO2. The molecule has 0 heterocycles. The lowest BCUT2D eigenvalue weighted by molar-refractivity contribution is 0.0155. The first-order valence-electron chi connectivity index (χ1n) is 6.47. The highest BCUT2D eigenvalue weighted by molar-refractivity contribution is 4.74. The fourth-order valence-electron chi connectivity index (χ4n) is 2.15. The van der Waals surface area contributed by atoms with Crippen LogP contribution >= 0.6 is 0 Å². The summed E-state index contributed by atoms with van der Waals surface area (Å²) < 4.78 is 5.37.